The molecule has 17 heavy (non-hydrogen) atoms. The van der Waals surface area contributed by atoms with Gasteiger partial charge in [-0.15, -0.1) is 0 Å². The Morgan fingerprint density at radius 1 is 1.59 bits per heavy atom. The van der Waals surface area contributed by atoms with E-state index in [2.05, 4.69) is 27.7 Å². The first-order valence-corrected chi connectivity index (χ1v) is 6.18. The number of ether oxygens (including phenoxy) is 1. The van der Waals surface area contributed by atoms with E-state index in [4.69, 9.17) is 10.6 Å². The van der Waals surface area contributed by atoms with E-state index >= 15 is 0 Å². The Kier molecular flexibility index (Phi) is 6.91. The summed E-state index contributed by atoms with van der Waals surface area (Å²) < 4.78 is 4.97. The molecular formula is C11H25N5O. The monoisotopic (exact) mass is 243 g/mol. The Labute approximate surface area is 104 Å². The highest BCUT2D eigenvalue weighted by Gasteiger charge is 2.18. The van der Waals surface area contributed by atoms with Crippen LogP contribution in [0.5, 0.6) is 0 Å². The van der Waals surface area contributed by atoms with Crippen LogP contribution in [0.1, 0.15) is 12.8 Å². The molecule has 100 valence electrons. The molecule has 1 rings (SSSR count). The summed E-state index contributed by atoms with van der Waals surface area (Å²) in [4.78, 5) is 6.79. The van der Waals surface area contributed by atoms with Crippen LogP contribution in [0.25, 0.3) is 0 Å². The van der Waals surface area contributed by atoms with Gasteiger partial charge in [0.25, 0.3) is 0 Å². The second kappa shape index (κ2) is 8.27. The second-order valence-electron chi connectivity index (χ2n) is 4.52. The van der Waals surface area contributed by atoms with E-state index in [1.165, 1.54) is 13.0 Å². The molecule has 0 amide bonds. The van der Waals surface area contributed by atoms with Crippen LogP contribution >= 0.6 is 0 Å². The van der Waals surface area contributed by atoms with Gasteiger partial charge in [0.2, 0.25) is 5.96 Å². The molecule has 1 fully saturated rings. The van der Waals surface area contributed by atoms with Gasteiger partial charge in [0.1, 0.15) is 0 Å². The number of likely N-dealkylation sites (tertiary alicyclic amines) is 1. The molecule has 1 atom stereocenters. The third-order valence-corrected chi connectivity index (χ3v) is 2.95. The lowest BCUT2D eigenvalue weighted by atomic mass is 10.1. The number of guanidine groups is 1. The number of aliphatic imine (C=N–C) groups is 1. The van der Waals surface area contributed by atoms with Crippen molar-refractivity contribution in [2.45, 2.75) is 12.8 Å². The van der Waals surface area contributed by atoms with Gasteiger partial charge >= 0.3 is 0 Å². The zero-order valence-corrected chi connectivity index (χ0v) is 10.9. The highest BCUT2D eigenvalue weighted by Crippen LogP contribution is 2.13. The summed E-state index contributed by atoms with van der Waals surface area (Å²) in [5.41, 5.74) is 2.60. The molecule has 0 aromatic heterocycles. The Morgan fingerprint density at radius 3 is 3.00 bits per heavy atom. The molecule has 6 heteroatoms. The molecule has 1 saturated heterocycles. The van der Waals surface area contributed by atoms with Crippen LogP contribution in [0, 0.1) is 5.92 Å². The van der Waals surface area contributed by atoms with Gasteiger partial charge in [-0.3, -0.25) is 10.4 Å². The van der Waals surface area contributed by atoms with Crippen molar-refractivity contribution in [3.8, 4) is 0 Å². The van der Waals surface area contributed by atoms with Crippen LogP contribution in [0.3, 0.4) is 0 Å². The Balaban J connectivity index is 2.19. The lowest BCUT2D eigenvalue weighted by molar-refractivity contribution is 0.195. The van der Waals surface area contributed by atoms with Crippen LogP contribution < -0.4 is 16.6 Å². The third-order valence-electron chi connectivity index (χ3n) is 2.95. The maximum absolute atomic E-state index is 5.41. The summed E-state index contributed by atoms with van der Waals surface area (Å²) in [6.07, 6.45) is 2.17. The minimum absolute atomic E-state index is 0.657. The van der Waals surface area contributed by atoms with E-state index in [1.54, 1.807) is 7.11 Å². The molecule has 4 N–H and O–H groups in total. The Hall–Kier alpha value is -0.850. The lowest BCUT2D eigenvalue weighted by Crippen LogP contribution is -2.42. The molecule has 0 aromatic carbocycles. The van der Waals surface area contributed by atoms with Crippen molar-refractivity contribution in [3.63, 3.8) is 0 Å². The molecule has 0 saturated carbocycles. The minimum Gasteiger partial charge on any atom is -0.385 e. The van der Waals surface area contributed by atoms with Crippen LogP contribution in [-0.2, 0) is 4.74 Å². The van der Waals surface area contributed by atoms with E-state index in [0.717, 1.165) is 32.7 Å². The number of methoxy groups -OCH3 is 1. The molecule has 1 heterocycles. The number of nitrogens with one attached hydrogen (secondary N) is 2. The van der Waals surface area contributed by atoms with E-state index < -0.39 is 0 Å². The summed E-state index contributed by atoms with van der Waals surface area (Å²) in [7, 11) is 3.85. The second-order valence-corrected chi connectivity index (χ2v) is 4.52. The van der Waals surface area contributed by atoms with E-state index in [1.807, 2.05) is 0 Å². The molecule has 0 radical (unpaired) electrons. The lowest BCUT2D eigenvalue weighted by Gasteiger charge is -2.11. The number of nitrogens with two attached hydrogens (primary N) is 1. The van der Waals surface area contributed by atoms with Gasteiger partial charge in [-0.25, -0.2) is 5.84 Å². The summed E-state index contributed by atoms with van der Waals surface area (Å²) in [5.74, 6) is 6.75. The Bertz CT molecular complexity index is 234. The smallest absolute Gasteiger partial charge is 0.205 e. The fourth-order valence-corrected chi connectivity index (χ4v) is 1.97. The van der Waals surface area contributed by atoms with E-state index in [-0.39, 0.29) is 0 Å². The highest BCUT2D eigenvalue weighted by atomic mass is 16.5. The molecule has 1 aliphatic rings. The topological polar surface area (TPSA) is 74.9 Å². The summed E-state index contributed by atoms with van der Waals surface area (Å²) >= 11 is 0. The average molecular weight is 243 g/mol. The van der Waals surface area contributed by atoms with Gasteiger partial charge in [-0.2, -0.15) is 0 Å². The van der Waals surface area contributed by atoms with Gasteiger partial charge in [0.05, 0.1) is 0 Å². The molecule has 0 spiro atoms. The van der Waals surface area contributed by atoms with Gasteiger partial charge in [-0.1, -0.05) is 0 Å². The van der Waals surface area contributed by atoms with E-state index in [0.29, 0.717) is 11.9 Å². The fourth-order valence-electron chi connectivity index (χ4n) is 1.97. The first kappa shape index (κ1) is 14.2. The summed E-state index contributed by atoms with van der Waals surface area (Å²) in [6.45, 7) is 4.71. The number of hydrazine groups is 1. The van der Waals surface area contributed by atoms with Crippen molar-refractivity contribution in [2.75, 3.05) is 46.9 Å². The van der Waals surface area contributed by atoms with Gasteiger partial charge < -0.3 is 15.0 Å². The predicted octanol–water partition coefficient (Wildman–Crippen LogP) is -0.616. The standard InChI is InChI=1S/C11H25N5O/c1-16-6-4-10(9-16)8-14-11(15-12)13-5-3-7-17-2/h10H,3-9,12H2,1-2H3,(H2,13,14,15). The van der Waals surface area contributed by atoms with Gasteiger partial charge in [0.15, 0.2) is 0 Å². The first-order chi connectivity index (χ1) is 8.26. The number of nitrogens with zero attached hydrogens (tertiary/aromatic N) is 2. The molecule has 1 unspecified atom stereocenters. The molecule has 6 nitrogen and oxygen atoms in total. The first-order valence-electron chi connectivity index (χ1n) is 6.18. The normalized spacial score (nSPS) is 21.8. The molecule has 0 aliphatic carbocycles. The molecular weight excluding hydrogens is 218 g/mol. The summed E-state index contributed by atoms with van der Waals surface area (Å²) in [6, 6.07) is 0. The fraction of sp³-hybridized carbons (Fsp3) is 0.909. The molecule has 0 aromatic rings. The largest absolute Gasteiger partial charge is 0.385 e. The quantitative estimate of drug-likeness (QED) is 0.191. The van der Waals surface area contributed by atoms with Crippen LogP contribution in [-0.4, -0.2) is 57.8 Å². The Morgan fingerprint density at radius 2 is 2.41 bits per heavy atom. The SMILES string of the molecule is COCCCNC(=NCC1CCN(C)C1)NN. The van der Waals surface area contributed by atoms with Crippen LogP contribution in [0.15, 0.2) is 4.99 Å². The van der Waals surface area contributed by atoms with Crippen molar-refractivity contribution >= 4 is 5.96 Å². The van der Waals surface area contributed by atoms with Crippen molar-refractivity contribution < 1.29 is 4.74 Å². The number of rotatable bonds is 6. The molecule has 0 bridgehead atoms. The average Bonchev–Trinajstić information content (AvgIpc) is 2.74. The number of hydrogen-bond acceptors (Lipinski definition) is 4. The van der Waals surface area contributed by atoms with Crippen LogP contribution in [0.4, 0.5) is 0 Å². The molecule has 1 aliphatic heterocycles. The van der Waals surface area contributed by atoms with Crippen LogP contribution in [0.2, 0.25) is 0 Å². The van der Waals surface area contributed by atoms with Crippen molar-refractivity contribution in [3.05, 3.63) is 0 Å². The maximum atomic E-state index is 5.41. The zero-order chi connectivity index (χ0) is 12.5. The third kappa shape index (κ3) is 5.86. The van der Waals surface area contributed by atoms with Gasteiger partial charge in [-0.05, 0) is 32.4 Å². The maximum Gasteiger partial charge on any atom is 0.205 e. The highest BCUT2D eigenvalue weighted by molar-refractivity contribution is 5.79. The van der Waals surface area contributed by atoms with Gasteiger partial charge in [0, 0.05) is 33.4 Å². The van der Waals surface area contributed by atoms with Crippen molar-refractivity contribution in [2.24, 2.45) is 16.8 Å². The number of hydrogen-bond donors (Lipinski definition) is 3. The van der Waals surface area contributed by atoms with Crippen molar-refractivity contribution in [1.82, 2.24) is 15.6 Å². The predicted molar refractivity (Wildman–Crippen MR) is 69.7 cm³/mol. The van der Waals surface area contributed by atoms with E-state index in [9.17, 15) is 0 Å². The zero-order valence-electron chi connectivity index (χ0n) is 10.9. The summed E-state index contributed by atoms with van der Waals surface area (Å²) in [5, 5.41) is 3.16. The minimum atomic E-state index is 0.657. The van der Waals surface area contributed by atoms with Crippen molar-refractivity contribution in [1.29, 1.82) is 0 Å².